The molecule has 3 amide bonds. The Labute approximate surface area is 203 Å². The van der Waals surface area contributed by atoms with Gasteiger partial charge in [0.15, 0.2) is 0 Å². The molecule has 2 aliphatic rings. The number of hydrogen-bond acceptors (Lipinski definition) is 9. The molecule has 2 aliphatic heterocycles. The molecule has 6 N–H and O–H groups in total. The first kappa shape index (κ1) is 25.8. The molecular formula is C20H25N5O7S2. The predicted octanol–water partition coefficient (Wildman–Crippen LogP) is -0.699. The Morgan fingerprint density at radius 3 is 2.68 bits per heavy atom. The quantitative estimate of drug-likeness (QED) is 0.103. The van der Waals surface area contributed by atoms with Crippen LogP contribution in [0.1, 0.15) is 19.3 Å². The van der Waals surface area contributed by atoms with Crippen LogP contribution in [0.5, 0.6) is 0 Å². The molecule has 184 valence electrons. The Kier molecular flexibility index (Phi) is 8.05. The molecule has 0 saturated carbocycles. The fourth-order valence-corrected chi connectivity index (χ4v) is 6.61. The van der Waals surface area contributed by atoms with Crippen LogP contribution >= 0.6 is 23.5 Å². The summed E-state index contributed by atoms with van der Waals surface area (Å²) < 4.78 is 0. The summed E-state index contributed by atoms with van der Waals surface area (Å²) in [6.45, 7) is -0.0669. The van der Waals surface area contributed by atoms with Gasteiger partial charge in [0.05, 0.1) is 0 Å². The highest BCUT2D eigenvalue weighted by Crippen LogP contribution is 2.47. The van der Waals surface area contributed by atoms with Gasteiger partial charge in [-0.3, -0.25) is 29.0 Å². The highest BCUT2D eigenvalue weighted by molar-refractivity contribution is 8.00. The molecule has 1 aromatic rings. The highest BCUT2D eigenvalue weighted by atomic mass is 32.2. The van der Waals surface area contributed by atoms with Crippen molar-refractivity contribution < 1.29 is 34.2 Å². The molecular weight excluding hydrogens is 486 g/mol. The van der Waals surface area contributed by atoms with Gasteiger partial charge in [0.25, 0.3) is 5.91 Å². The third kappa shape index (κ3) is 5.13. The Morgan fingerprint density at radius 1 is 1.35 bits per heavy atom. The number of thioether (sulfide) groups is 2. The van der Waals surface area contributed by atoms with Crippen molar-refractivity contribution in [2.45, 2.75) is 41.2 Å². The zero-order valence-corrected chi connectivity index (χ0v) is 19.6. The van der Waals surface area contributed by atoms with E-state index in [-0.39, 0.29) is 37.3 Å². The van der Waals surface area contributed by atoms with Crippen molar-refractivity contribution in [3.63, 3.8) is 0 Å². The SMILES string of the molecule is NC(CCCC(=O)NC1(NC=O)C(=O)N2CC(CSc3ccncc3)(C(=O)O)CS[C@@H]21)C(=O)O. The molecule has 0 aromatic carbocycles. The minimum Gasteiger partial charge on any atom is -0.481 e. The maximum Gasteiger partial charge on any atom is 0.320 e. The van der Waals surface area contributed by atoms with Crippen molar-refractivity contribution in [1.82, 2.24) is 20.5 Å². The van der Waals surface area contributed by atoms with Crippen molar-refractivity contribution in [3.8, 4) is 0 Å². The number of nitrogens with two attached hydrogens (primary N) is 1. The minimum atomic E-state index is -1.68. The summed E-state index contributed by atoms with van der Waals surface area (Å²) in [4.78, 5) is 65.9. The second kappa shape index (κ2) is 10.6. The summed E-state index contributed by atoms with van der Waals surface area (Å²) in [7, 11) is 0. The van der Waals surface area contributed by atoms with E-state index in [1.165, 1.54) is 28.4 Å². The largest absolute Gasteiger partial charge is 0.481 e. The highest BCUT2D eigenvalue weighted by Gasteiger charge is 2.66. The topological polar surface area (TPSA) is 192 Å². The first-order valence-electron chi connectivity index (χ1n) is 10.3. The van der Waals surface area contributed by atoms with Gasteiger partial charge in [0.1, 0.15) is 16.8 Å². The number of carboxylic acid groups (broad SMARTS) is 2. The number of hydrogen-bond donors (Lipinski definition) is 5. The molecule has 0 aliphatic carbocycles. The van der Waals surface area contributed by atoms with Crippen LogP contribution in [0.15, 0.2) is 29.4 Å². The number of carbonyl (C=O) groups excluding carboxylic acids is 3. The summed E-state index contributed by atoms with van der Waals surface area (Å²) in [5.41, 5.74) is 2.54. The lowest BCUT2D eigenvalue weighted by Gasteiger charge is -2.59. The molecule has 12 nitrogen and oxygen atoms in total. The second-order valence-corrected chi connectivity index (χ2v) is 10.2. The Hall–Kier alpha value is -2.84. The van der Waals surface area contributed by atoms with Gasteiger partial charge in [-0.15, -0.1) is 23.5 Å². The van der Waals surface area contributed by atoms with E-state index in [0.717, 1.165) is 4.90 Å². The van der Waals surface area contributed by atoms with E-state index in [1.54, 1.807) is 24.5 Å². The third-order valence-electron chi connectivity index (χ3n) is 5.72. The smallest absolute Gasteiger partial charge is 0.320 e. The zero-order valence-electron chi connectivity index (χ0n) is 18.0. The summed E-state index contributed by atoms with van der Waals surface area (Å²) >= 11 is 2.52. The van der Waals surface area contributed by atoms with Crippen molar-refractivity contribution in [2.24, 2.45) is 11.1 Å². The minimum absolute atomic E-state index is 0.0669. The number of aromatic nitrogens is 1. The number of nitrogens with zero attached hydrogens (tertiary/aromatic N) is 2. The van der Waals surface area contributed by atoms with E-state index in [2.05, 4.69) is 15.6 Å². The number of β-lactam (4-membered cyclic amide) rings is 1. The number of aliphatic carboxylic acids is 2. The van der Waals surface area contributed by atoms with Gasteiger partial charge in [0.2, 0.25) is 18.0 Å². The van der Waals surface area contributed by atoms with Crippen LogP contribution in [0.3, 0.4) is 0 Å². The van der Waals surface area contributed by atoms with Crippen LogP contribution in [0.2, 0.25) is 0 Å². The van der Waals surface area contributed by atoms with Crippen LogP contribution in [0, 0.1) is 5.41 Å². The second-order valence-electron chi connectivity index (χ2n) is 8.11. The van der Waals surface area contributed by atoms with Crippen molar-refractivity contribution in [1.29, 1.82) is 0 Å². The zero-order chi connectivity index (χ0) is 24.9. The summed E-state index contributed by atoms with van der Waals surface area (Å²) in [6.07, 6.45) is 3.70. The van der Waals surface area contributed by atoms with Crippen LogP contribution < -0.4 is 16.4 Å². The van der Waals surface area contributed by atoms with Gasteiger partial charge in [-0.2, -0.15) is 0 Å². The summed E-state index contributed by atoms with van der Waals surface area (Å²) in [6, 6.07) is 2.44. The fraction of sp³-hybridized carbons (Fsp3) is 0.500. The number of rotatable bonds is 12. The molecule has 3 heterocycles. The van der Waals surface area contributed by atoms with Gasteiger partial charge in [-0.05, 0) is 25.0 Å². The lowest BCUT2D eigenvalue weighted by molar-refractivity contribution is -0.169. The lowest BCUT2D eigenvalue weighted by atomic mass is 9.87. The molecule has 14 heteroatoms. The first-order chi connectivity index (χ1) is 16.1. The number of amides is 3. The number of carboxylic acids is 2. The van der Waals surface area contributed by atoms with Gasteiger partial charge in [0, 0.05) is 41.8 Å². The number of nitrogens with one attached hydrogen (secondary N) is 2. The van der Waals surface area contributed by atoms with Crippen LogP contribution in [0.4, 0.5) is 0 Å². The molecule has 3 unspecified atom stereocenters. The Morgan fingerprint density at radius 2 is 2.06 bits per heavy atom. The maximum absolute atomic E-state index is 13.1. The van der Waals surface area contributed by atoms with Gasteiger partial charge in [-0.1, -0.05) is 0 Å². The Bertz CT molecular complexity index is 968. The summed E-state index contributed by atoms with van der Waals surface area (Å²) in [5, 5.41) is 23.1. The van der Waals surface area contributed by atoms with Crippen LogP contribution in [-0.2, 0) is 24.0 Å². The van der Waals surface area contributed by atoms with E-state index in [1.807, 2.05) is 0 Å². The lowest BCUT2D eigenvalue weighted by Crippen LogP contribution is -2.86. The fourth-order valence-electron chi connectivity index (χ4n) is 3.79. The Balaban J connectivity index is 1.66. The van der Waals surface area contributed by atoms with Crippen molar-refractivity contribution in [3.05, 3.63) is 24.5 Å². The standard InChI is InChI=1S/C20H25N5O7S2/c21-13(15(28)29)2-1-3-14(27)24-20(23-11-26)16(30)25-8-19(18(31)32,10-34-17(20)25)9-33-12-4-6-22-7-5-12/h4-7,11,13,17H,1-3,8-10,21H2,(H,23,26)(H,24,27)(H,28,29)(H,31,32)/t13?,17-,19?,20?/m1/s1. The average Bonchev–Trinajstić information content (AvgIpc) is 2.82. The number of pyridine rings is 1. The van der Waals surface area contributed by atoms with E-state index >= 15 is 0 Å². The van der Waals surface area contributed by atoms with E-state index in [9.17, 15) is 29.1 Å². The molecule has 3 rings (SSSR count). The number of fused-ring (bicyclic) bond motifs is 1. The first-order valence-corrected chi connectivity index (χ1v) is 12.4. The molecule has 1 aromatic heterocycles. The molecule has 4 atom stereocenters. The number of carbonyl (C=O) groups is 5. The normalized spacial score (nSPS) is 26.6. The maximum atomic E-state index is 13.1. The molecule has 2 saturated heterocycles. The average molecular weight is 512 g/mol. The van der Waals surface area contributed by atoms with E-state index in [4.69, 9.17) is 10.8 Å². The van der Waals surface area contributed by atoms with E-state index < -0.39 is 46.2 Å². The molecule has 34 heavy (non-hydrogen) atoms. The van der Waals surface area contributed by atoms with E-state index in [0.29, 0.717) is 6.41 Å². The molecule has 0 radical (unpaired) electrons. The molecule has 0 bridgehead atoms. The van der Waals surface area contributed by atoms with Crippen LogP contribution in [-0.4, -0.2) is 85.4 Å². The van der Waals surface area contributed by atoms with Crippen LogP contribution in [0.25, 0.3) is 0 Å². The van der Waals surface area contributed by atoms with Gasteiger partial charge < -0.3 is 31.5 Å². The third-order valence-corrected chi connectivity index (χ3v) is 8.67. The van der Waals surface area contributed by atoms with Gasteiger partial charge >= 0.3 is 11.9 Å². The molecule has 0 spiro atoms. The predicted molar refractivity (Wildman–Crippen MR) is 123 cm³/mol. The monoisotopic (exact) mass is 511 g/mol. The van der Waals surface area contributed by atoms with Gasteiger partial charge in [-0.25, -0.2) is 0 Å². The molecule has 2 fully saturated rings. The van der Waals surface area contributed by atoms with Crippen molar-refractivity contribution >= 4 is 53.7 Å². The van der Waals surface area contributed by atoms with Crippen molar-refractivity contribution in [2.75, 3.05) is 18.1 Å². The summed E-state index contributed by atoms with van der Waals surface area (Å²) in [5.74, 6) is -2.98.